The Balaban J connectivity index is 2.12. The van der Waals surface area contributed by atoms with Gasteiger partial charge >= 0.3 is 0 Å². The van der Waals surface area contributed by atoms with E-state index in [1.807, 2.05) is 6.92 Å². The van der Waals surface area contributed by atoms with E-state index in [0.29, 0.717) is 39.5 Å². The van der Waals surface area contributed by atoms with Gasteiger partial charge in [-0.1, -0.05) is 19.3 Å². The molecule has 0 aliphatic heterocycles. The highest BCUT2D eigenvalue weighted by Gasteiger charge is 2.20. The largest absolute Gasteiger partial charge is 0.382 e. The molecule has 7 heteroatoms. The summed E-state index contributed by atoms with van der Waals surface area (Å²) in [6.45, 7) is 6.79. The number of carbonyl (C=O) groups excluding carboxylic acids is 1. The van der Waals surface area contributed by atoms with Crippen molar-refractivity contribution in [2.24, 2.45) is 10.9 Å². The lowest BCUT2D eigenvalue weighted by Gasteiger charge is -2.21. The molecule has 0 aromatic carbocycles. The van der Waals surface area contributed by atoms with Gasteiger partial charge in [-0.25, -0.2) is 0 Å². The lowest BCUT2D eigenvalue weighted by atomic mass is 9.89. The van der Waals surface area contributed by atoms with Gasteiger partial charge in [0.2, 0.25) is 5.91 Å². The maximum absolute atomic E-state index is 12.1. The van der Waals surface area contributed by atoms with Crippen LogP contribution in [0.2, 0.25) is 0 Å². The third-order valence-corrected chi connectivity index (χ3v) is 4.19. The van der Waals surface area contributed by atoms with Gasteiger partial charge in [0.15, 0.2) is 5.96 Å². The molecule has 1 amide bonds. The Labute approximate surface area is 152 Å². The summed E-state index contributed by atoms with van der Waals surface area (Å²) in [5, 5.41) is 9.49. The molecule has 0 heterocycles. The fourth-order valence-electron chi connectivity index (χ4n) is 2.82. The molecule has 1 rings (SSSR count). The van der Waals surface area contributed by atoms with E-state index in [1.165, 1.54) is 19.3 Å². The summed E-state index contributed by atoms with van der Waals surface area (Å²) in [7, 11) is 1.67. The van der Waals surface area contributed by atoms with Gasteiger partial charge in [0.25, 0.3) is 0 Å². The number of hydrogen-bond acceptors (Lipinski definition) is 4. The van der Waals surface area contributed by atoms with Crippen LogP contribution in [0.4, 0.5) is 0 Å². The Bertz CT molecular complexity index is 371. The van der Waals surface area contributed by atoms with Gasteiger partial charge in [-0.2, -0.15) is 0 Å². The molecular weight excluding hydrogens is 320 g/mol. The van der Waals surface area contributed by atoms with Crippen LogP contribution in [0.3, 0.4) is 0 Å². The fourth-order valence-corrected chi connectivity index (χ4v) is 2.82. The number of methoxy groups -OCH3 is 1. The maximum atomic E-state index is 12.1. The van der Waals surface area contributed by atoms with Crippen LogP contribution in [-0.2, 0) is 14.3 Å². The molecule has 0 saturated heterocycles. The average Bonchev–Trinajstić information content (AvgIpc) is 2.64. The van der Waals surface area contributed by atoms with E-state index in [-0.39, 0.29) is 11.8 Å². The number of carbonyl (C=O) groups is 1. The van der Waals surface area contributed by atoms with Crippen LogP contribution in [0, 0.1) is 5.92 Å². The Kier molecular flexibility index (Phi) is 13.0. The quantitative estimate of drug-likeness (QED) is 0.279. The number of guanidine groups is 1. The summed E-state index contributed by atoms with van der Waals surface area (Å²) < 4.78 is 10.3. The highest BCUT2D eigenvalue weighted by Crippen LogP contribution is 2.23. The molecule has 1 aliphatic carbocycles. The molecule has 1 fully saturated rings. The number of rotatable bonds is 12. The lowest BCUT2D eigenvalue weighted by Crippen LogP contribution is -2.42. The topological polar surface area (TPSA) is 84.0 Å². The monoisotopic (exact) mass is 356 g/mol. The molecule has 0 bridgehead atoms. The summed E-state index contributed by atoms with van der Waals surface area (Å²) in [6, 6.07) is 0. The van der Waals surface area contributed by atoms with Crippen molar-refractivity contribution in [1.82, 2.24) is 16.0 Å². The molecule has 0 atom stereocenters. The first-order valence-electron chi connectivity index (χ1n) is 9.64. The smallest absolute Gasteiger partial charge is 0.223 e. The normalized spacial score (nSPS) is 15.8. The summed E-state index contributed by atoms with van der Waals surface area (Å²) in [6.07, 6.45) is 6.58. The summed E-state index contributed by atoms with van der Waals surface area (Å²) in [4.78, 5) is 16.6. The van der Waals surface area contributed by atoms with Crippen molar-refractivity contribution in [3.05, 3.63) is 0 Å². The Morgan fingerprint density at radius 3 is 2.52 bits per heavy atom. The van der Waals surface area contributed by atoms with Crippen LogP contribution in [0.15, 0.2) is 4.99 Å². The zero-order chi connectivity index (χ0) is 18.2. The molecule has 0 aromatic rings. The second-order valence-electron chi connectivity index (χ2n) is 6.27. The number of aliphatic imine (C=N–C) groups is 1. The number of nitrogens with zero attached hydrogens (tertiary/aromatic N) is 1. The van der Waals surface area contributed by atoms with Gasteiger partial charge in [0.05, 0.1) is 13.2 Å². The number of nitrogens with one attached hydrogen (secondary N) is 3. The van der Waals surface area contributed by atoms with Crippen molar-refractivity contribution >= 4 is 11.9 Å². The lowest BCUT2D eigenvalue weighted by molar-refractivity contribution is -0.125. The molecule has 1 saturated carbocycles. The highest BCUT2D eigenvalue weighted by atomic mass is 16.5. The SMILES string of the molecule is CCNC(=NCCCOCCOC)NCCNC(=O)C1CCCCC1. The Morgan fingerprint density at radius 1 is 1.04 bits per heavy atom. The van der Waals surface area contributed by atoms with Crippen LogP contribution in [0.5, 0.6) is 0 Å². The summed E-state index contributed by atoms with van der Waals surface area (Å²) in [5.41, 5.74) is 0. The fraction of sp³-hybridized carbons (Fsp3) is 0.889. The van der Waals surface area contributed by atoms with Crippen LogP contribution in [-0.4, -0.2) is 65.0 Å². The molecule has 146 valence electrons. The second kappa shape index (κ2) is 15.0. The molecule has 7 nitrogen and oxygen atoms in total. The van der Waals surface area contributed by atoms with E-state index < -0.39 is 0 Å². The molecule has 1 aliphatic rings. The molecule has 0 unspecified atom stereocenters. The predicted molar refractivity (Wildman–Crippen MR) is 101 cm³/mol. The second-order valence-corrected chi connectivity index (χ2v) is 6.27. The van der Waals surface area contributed by atoms with E-state index >= 15 is 0 Å². The zero-order valence-electron chi connectivity index (χ0n) is 15.9. The van der Waals surface area contributed by atoms with Crippen molar-refractivity contribution < 1.29 is 14.3 Å². The van der Waals surface area contributed by atoms with Gasteiger partial charge < -0.3 is 25.4 Å². The van der Waals surface area contributed by atoms with Gasteiger partial charge in [0, 0.05) is 45.8 Å². The van der Waals surface area contributed by atoms with E-state index in [1.54, 1.807) is 7.11 Å². The zero-order valence-corrected chi connectivity index (χ0v) is 15.9. The first kappa shape index (κ1) is 21.7. The minimum absolute atomic E-state index is 0.205. The van der Waals surface area contributed by atoms with Crippen molar-refractivity contribution in [3.8, 4) is 0 Å². The average molecular weight is 357 g/mol. The number of amides is 1. The maximum Gasteiger partial charge on any atom is 0.223 e. The molecule has 3 N–H and O–H groups in total. The molecule has 25 heavy (non-hydrogen) atoms. The molecule has 0 spiro atoms. The standard InChI is InChI=1S/C18H36N4O3/c1-3-19-18(21-10-7-13-25-15-14-24-2)22-12-11-20-17(23)16-8-5-4-6-9-16/h16H,3-15H2,1-2H3,(H,20,23)(H2,19,21,22). The van der Waals surface area contributed by atoms with E-state index in [4.69, 9.17) is 9.47 Å². The van der Waals surface area contributed by atoms with Gasteiger partial charge in [-0.05, 0) is 26.2 Å². The molecule has 0 radical (unpaired) electrons. The number of hydrogen-bond donors (Lipinski definition) is 3. The first-order valence-corrected chi connectivity index (χ1v) is 9.64. The van der Waals surface area contributed by atoms with Crippen molar-refractivity contribution in [1.29, 1.82) is 0 Å². The summed E-state index contributed by atoms with van der Waals surface area (Å²) >= 11 is 0. The van der Waals surface area contributed by atoms with Crippen LogP contribution in [0.1, 0.15) is 45.4 Å². The third-order valence-electron chi connectivity index (χ3n) is 4.19. The minimum Gasteiger partial charge on any atom is -0.382 e. The predicted octanol–water partition coefficient (Wildman–Crippen LogP) is 1.29. The minimum atomic E-state index is 0.205. The Hall–Kier alpha value is -1.34. The third kappa shape index (κ3) is 11.0. The van der Waals surface area contributed by atoms with Crippen LogP contribution in [0.25, 0.3) is 0 Å². The van der Waals surface area contributed by atoms with E-state index in [0.717, 1.165) is 31.8 Å². The van der Waals surface area contributed by atoms with Crippen LogP contribution < -0.4 is 16.0 Å². The van der Waals surface area contributed by atoms with Gasteiger partial charge in [-0.15, -0.1) is 0 Å². The molecule has 0 aromatic heterocycles. The van der Waals surface area contributed by atoms with Crippen molar-refractivity contribution in [3.63, 3.8) is 0 Å². The van der Waals surface area contributed by atoms with E-state index in [2.05, 4.69) is 20.9 Å². The summed E-state index contributed by atoms with van der Waals surface area (Å²) in [5.74, 6) is 1.21. The van der Waals surface area contributed by atoms with Gasteiger partial charge in [0.1, 0.15) is 0 Å². The highest BCUT2D eigenvalue weighted by molar-refractivity contribution is 5.80. The number of ether oxygens (including phenoxy) is 2. The van der Waals surface area contributed by atoms with Gasteiger partial charge in [-0.3, -0.25) is 9.79 Å². The first-order chi connectivity index (χ1) is 12.3. The molecular formula is C18H36N4O3. The van der Waals surface area contributed by atoms with Crippen molar-refractivity contribution in [2.45, 2.75) is 45.4 Å². The van der Waals surface area contributed by atoms with E-state index in [9.17, 15) is 4.79 Å². The van der Waals surface area contributed by atoms with Crippen molar-refractivity contribution in [2.75, 3.05) is 53.1 Å². The Morgan fingerprint density at radius 2 is 1.80 bits per heavy atom. The van der Waals surface area contributed by atoms with Crippen LogP contribution >= 0.6 is 0 Å².